The highest BCUT2D eigenvalue weighted by molar-refractivity contribution is 5.67. The number of nitrogens with one attached hydrogen (secondary N) is 1. The number of hydrogen-bond donors (Lipinski definition) is 1. The van der Waals surface area contributed by atoms with Crippen LogP contribution in [0.2, 0.25) is 0 Å². The van der Waals surface area contributed by atoms with Gasteiger partial charge in [-0.1, -0.05) is 90.4 Å². The minimum Gasteiger partial charge on any atom is -0.447 e. The molecule has 3 heteroatoms. The highest BCUT2D eigenvalue weighted by atomic mass is 16.6. The number of ether oxygens (including phenoxy) is 1. The molecule has 0 fully saturated rings. The van der Waals surface area contributed by atoms with E-state index in [9.17, 15) is 4.79 Å². The van der Waals surface area contributed by atoms with Gasteiger partial charge < -0.3 is 10.1 Å². The standard InChI is InChI=1S/C20H41NO2/c1-4-5-6-7-8-9-10-11-12-13-14-15-16-17-18-21-20(22)23-19(2)3/h19H,4-18H2,1-3H3,(H,21,22). The molecule has 0 heterocycles. The van der Waals surface area contributed by atoms with E-state index >= 15 is 0 Å². The molecule has 0 atom stereocenters. The first kappa shape index (κ1) is 22.3. The molecule has 138 valence electrons. The Labute approximate surface area is 144 Å². The van der Waals surface area contributed by atoms with Gasteiger partial charge in [-0.05, 0) is 20.3 Å². The average Bonchev–Trinajstić information content (AvgIpc) is 2.50. The van der Waals surface area contributed by atoms with Gasteiger partial charge in [-0.3, -0.25) is 0 Å². The van der Waals surface area contributed by atoms with E-state index in [4.69, 9.17) is 4.74 Å². The molecule has 1 amide bonds. The Morgan fingerprint density at radius 1 is 0.739 bits per heavy atom. The fourth-order valence-electron chi connectivity index (χ4n) is 2.77. The van der Waals surface area contributed by atoms with Crippen LogP contribution in [0.25, 0.3) is 0 Å². The molecule has 0 aliphatic rings. The average molecular weight is 328 g/mol. The van der Waals surface area contributed by atoms with Crippen LogP contribution in [0.15, 0.2) is 0 Å². The Morgan fingerprint density at radius 2 is 1.13 bits per heavy atom. The summed E-state index contributed by atoms with van der Waals surface area (Å²) in [6.45, 7) is 6.75. The van der Waals surface area contributed by atoms with E-state index in [1.54, 1.807) is 0 Å². The minimum atomic E-state index is -0.283. The molecular formula is C20H41NO2. The SMILES string of the molecule is CCCCCCCCCCCCCCCCNC(=O)OC(C)C. The Balaban J connectivity index is 3.06. The van der Waals surface area contributed by atoms with E-state index in [-0.39, 0.29) is 12.2 Å². The van der Waals surface area contributed by atoms with E-state index in [1.807, 2.05) is 13.8 Å². The Morgan fingerprint density at radius 3 is 1.52 bits per heavy atom. The van der Waals surface area contributed by atoms with Gasteiger partial charge in [0.15, 0.2) is 0 Å². The van der Waals surface area contributed by atoms with Crippen molar-refractivity contribution in [2.24, 2.45) is 0 Å². The number of alkyl carbamates (subject to hydrolysis) is 1. The molecule has 0 aliphatic carbocycles. The lowest BCUT2D eigenvalue weighted by molar-refractivity contribution is 0.115. The monoisotopic (exact) mass is 327 g/mol. The zero-order valence-corrected chi connectivity index (χ0v) is 16.0. The summed E-state index contributed by atoms with van der Waals surface area (Å²) in [6, 6.07) is 0. The van der Waals surface area contributed by atoms with E-state index in [2.05, 4.69) is 12.2 Å². The molecule has 0 bridgehead atoms. The van der Waals surface area contributed by atoms with Gasteiger partial charge in [-0.15, -0.1) is 0 Å². The van der Waals surface area contributed by atoms with Crippen molar-refractivity contribution < 1.29 is 9.53 Å². The van der Waals surface area contributed by atoms with E-state index in [0.29, 0.717) is 0 Å². The van der Waals surface area contributed by atoms with Crippen LogP contribution in [0, 0.1) is 0 Å². The zero-order valence-electron chi connectivity index (χ0n) is 16.0. The molecular weight excluding hydrogens is 286 g/mol. The molecule has 0 aliphatic heterocycles. The van der Waals surface area contributed by atoms with Gasteiger partial charge in [-0.25, -0.2) is 4.79 Å². The molecule has 0 saturated carbocycles. The van der Waals surface area contributed by atoms with Crippen molar-refractivity contribution >= 4 is 6.09 Å². The number of rotatable bonds is 16. The first-order chi connectivity index (χ1) is 11.2. The molecule has 0 rings (SSSR count). The summed E-state index contributed by atoms with van der Waals surface area (Å²) < 4.78 is 5.02. The Hall–Kier alpha value is -0.730. The first-order valence-corrected chi connectivity index (χ1v) is 10.1. The van der Waals surface area contributed by atoms with Crippen molar-refractivity contribution in [1.29, 1.82) is 0 Å². The number of carbonyl (C=O) groups is 1. The lowest BCUT2D eigenvalue weighted by Crippen LogP contribution is -2.27. The fourth-order valence-corrected chi connectivity index (χ4v) is 2.77. The van der Waals surface area contributed by atoms with Gasteiger partial charge >= 0.3 is 6.09 Å². The molecule has 0 spiro atoms. The van der Waals surface area contributed by atoms with Crippen molar-refractivity contribution in [3.8, 4) is 0 Å². The van der Waals surface area contributed by atoms with Crippen molar-refractivity contribution in [3.63, 3.8) is 0 Å². The maximum Gasteiger partial charge on any atom is 0.407 e. The lowest BCUT2D eigenvalue weighted by atomic mass is 10.0. The third-order valence-corrected chi connectivity index (χ3v) is 4.14. The number of hydrogen-bond acceptors (Lipinski definition) is 2. The lowest BCUT2D eigenvalue weighted by Gasteiger charge is -2.09. The van der Waals surface area contributed by atoms with Crippen LogP contribution < -0.4 is 5.32 Å². The van der Waals surface area contributed by atoms with E-state index in [1.165, 1.54) is 83.5 Å². The molecule has 0 radical (unpaired) electrons. The van der Waals surface area contributed by atoms with Crippen molar-refractivity contribution in [2.75, 3.05) is 6.54 Å². The van der Waals surface area contributed by atoms with Crippen LogP contribution in [0.5, 0.6) is 0 Å². The summed E-state index contributed by atoms with van der Waals surface area (Å²) in [4.78, 5) is 11.3. The molecule has 3 nitrogen and oxygen atoms in total. The second-order valence-corrected chi connectivity index (χ2v) is 6.98. The van der Waals surface area contributed by atoms with Crippen LogP contribution in [0.1, 0.15) is 111 Å². The van der Waals surface area contributed by atoms with Crippen molar-refractivity contribution in [1.82, 2.24) is 5.32 Å². The highest BCUT2D eigenvalue weighted by Crippen LogP contribution is 2.12. The van der Waals surface area contributed by atoms with Gasteiger partial charge in [-0.2, -0.15) is 0 Å². The molecule has 23 heavy (non-hydrogen) atoms. The number of unbranched alkanes of at least 4 members (excludes halogenated alkanes) is 13. The second-order valence-electron chi connectivity index (χ2n) is 6.98. The van der Waals surface area contributed by atoms with Crippen LogP contribution >= 0.6 is 0 Å². The normalized spacial score (nSPS) is 11.0. The van der Waals surface area contributed by atoms with Gasteiger partial charge in [0, 0.05) is 6.54 Å². The quantitative estimate of drug-likeness (QED) is 0.324. The summed E-state index contributed by atoms with van der Waals surface area (Å²) in [6.07, 6.45) is 18.7. The summed E-state index contributed by atoms with van der Waals surface area (Å²) >= 11 is 0. The second kappa shape index (κ2) is 17.6. The molecule has 0 aromatic heterocycles. The predicted octanol–water partition coefficient (Wildman–Crippen LogP) is 6.60. The highest BCUT2D eigenvalue weighted by Gasteiger charge is 2.02. The van der Waals surface area contributed by atoms with Crippen LogP contribution in [-0.2, 0) is 4.74 Å². The fraction of sp³-hybridized carbons (Fsp3) is 0.950. The smallest absolute Gasteiger partial charge is 0.407 e. The van der Waals surface area contributed by atoms with E-state index in [0.717, 1.165) is 13.0 Å². The van der Waals surface area contributed by atoms with Crippen LogP contribution in [0.4, 0.5) is 4.79 Å². The third kappa shape index (κ3) is 19.2. The topological polar surface area (TPSA) is 38.3 Å². The van der Waals surface area contributed by atoms with Crippen LogP contribution in [0.3, 0.4) is 0 Å². The number of carbonyl (C=O) groups excluding carboxylic acids is 1. The summed E-state index contributed by atoms with van der Waals surface area (Å²) in [7, 11) is 0. The molecule has 0 aromatic carbocycles. The van der Waals surface area contributed by atoms with Gasteiger partial charge in [0.05, 0.1) is 6.10 Å². The maximum atomic E-state index is 11.3. The third-order valence-electron chi connectivity index (χ3n) is 4.14. The van der Waals surface area contributed by atoms with Gasteiger partial charge in [0.1, 0.15) is 0 Å². The molecule has 0 unspecified atom stereocenters. The van der Waals surface area contributed by atoms with Crippen molar-refractivity contribution in [3.05, 3.63) is 0 Å². The number of amides is 1. The van der Waals surface area contributed by atoms with Gasteiger partial charge in [0.2, 0.25) is 0 Å². The largest absolute Gasteiger partial charge is 0.447 e. The molecule has 0 aromatic rings. The summed E-state index contributed by atoms with van der Waals surface area (Å²) in [5.74, 6) is 0. The zero-order chi connectivity index (χ0) is 17.2. The summed E-state index contributed by atoms with van der Waals surface area (Å²) in [5.41, 5.74) is 0. The summed E-state index contributed by atoms with van der Waals surface area (Å²) in [5, 5.41) is 2.80. The van der Waals surface area contributed by atoms with Crippen molar-refractivity contribution in [2.45, 2.75) is 117 Å². The van der Waals surface area contributed by atoms with Crippen LogP contribution in [-0.4, -0.2) is 18.7 Å². The Bertz CT molecular complexity index is 254. The Kier molecular flexibility index (Phi) is 17.1. The van der Waals surface area contributed by atoms with Gasteiger partial charge in [0.25, 0.3) is 0 Å². The maximum absolute atomic E-state index is 11.3. The predicted molar refractivity (Wildman–Crippen MR) is 99.9 cm³/mol. The molecule has 1 N–H and O–H groups in total. The first-order valence-electron chi connectivity index (χ1n) is 10.1. The molecule has 0 saturated heterocycles. The minimum absolute atomic E-state index is 0.0358. The van der Waals surface area contributed by atoms with E-state index < -0.39 is 0 Å².